The number of halogens is 1. The predicted molar refractivity (Wildman–Crippen MR) is 92.0 cm³/mol. The summed E-state index contributed by atoms with van der Waals surface area (Å²) < 4.78 is 32.9. The third-order valence-electron chi connectivity index (χ3n) is 4.47. The second-order valence-corrected chi connectivity index (χ2v) is 14.0. The quantitative estimate of drug-likeness (QED) is 0.589. The molecule has 0 spiro atoms. The monoisotopic (exact) mass is 342 g/mol. The molecule has 1 aromatic heterocycles. The van der Waals surface area contributed by atoms with E-state index in [1.54, 1.807) is 6.20 Å². The van der Waals surface area contributed by atoms with Gasteiger partial charge in [0.2, 0.25) is 5.95 Å². The van der Waals surface area contributed by atoms with Crippen molar-refractivity contribution in [1.82, 2.24) is 9.78 Å². The highest BCUT2D eigenvalue weighted by atomic mass is 28.3. The molecule has 2 rings (SSSR count). The molecule has 5 nitrogen and oxygen atoms in total. The fraction of sp³-hybridized carbons (Fsp3) is 0.800. The number of hydrogen-bond donors (Lipinski definition) is 0. The molecule has 0 saturated carbocycles. The third kappa shape index (κ3) is 4.44. The van der Waals surface area contributed by atoms with Crippen LogP contribution in [0, 0.1) is 5.95 Å². The Morgan fingerprint density at radius 3 is 2.30 bits per heavy atom. The smallest absolute Gasteiger partial charge is 0.399 e. The van der Waals surface area contributed by atoms with Crippen molar-refractivity contribution in [3.05, 3.63) is 12.1 Å². The number of hydrogen-bond acceptors (Lipinski definition) is 4. The second-order valence-electron chi connectivity index (χ2n) is 8.35. The highest BCUT2D eigenvalue weighted by Gasteiger charge is 2.53. The standard InChI is InChI=1S/C15H28BFN2O3Si/c1-14(2)15(3,4)22-16(21-14)12-10-19(18-13(12)17)11-20-8-9-23(5,6)7/h10H,8-9,11H2,1-7H3. The molecule has 8 heteroatoms. The van der Waals surface area contributed by atoms with Crippen LogP contribution in [0.2, 0.25) is 25.7 Å². The number of rotatable bonds is 6. The average Bonchev–Trinajstić information content (AvgIpc) is 2.82. The second kappa shape index (κ2) is 6.31. The molecule has 0 bridgehead atoms. The van der Waals surface area contributed by atoms with E-state index in [2.05, 4.69) is 24.7 Å². The molecule has 0 aromatic carbocycles. The highest BCUT2D eigenvalue weighted by Crippen LogP contribution is 2.36. The van der Waals surface area contributed by atoms with Crippen molar-refractivity contribution < 1.29 is 18.4 Å². The van der Waals surface area contributed by atoms with E-state index < -0.39 is 32.3 Å². The summed E-state index contributed by atoms with van der Waals surface area (Å²) in [4.78, 5) is 0. The Morgan fingerprint density at radius 1 is 1.22 bits per heavy atom. The van der Waals surface area contributed by atoms with Crippen molar-refractivity contribution in [2.45, 2.75) is 71.3 Å². The van der Waals surface area contributed by atoms with Crippen LogP contribution in [-0.4, -0.2) is 42.8 Å². The largest absolute Gasteiger partial charge is 0.501 e. The van der Waals surface area contributed by atoms with Gasteiger partial charge in [0.25, 0.3) is 0 Å². The SMILES string of the molecule is CC1(C)OB(c2cn(COCC[Si](C)(C)C)nc2F)OC1(C)C. The van der Waals surface area contributed by atoms with E-state index in [1.165, 1.54) is 4.68 Å². The third-order valence-corrected chi connectivity index (χ3v) is 6.17. The Kier molecular flexibility index (Phi) is 5.11. The van der Waals surface area contributed by atoms with Crippen LogP contribution in [0.1, 0.15) is 27.7 Å². The van der Waals surface area contributed by atoms with Gasteiger partial charge >= 0.3 is 7.12 Å². The van der Waals surface area contributed by atoms with Crippen LogP contribution in [0.15, 0.2) is 6.20 Å². The van der Waals surface area contributed by atoms with Crippen LogP contribution in [0.25, 0.3) is 0 Å². The first-order valence-corrected chi connectivity index (χ1v) is 11.8. The fourth-order valence-corrected chi connectivity index (χ4v) is 2.90. The zero-order valence-corrected chi connectivity index (χ0v) is 16.3. The summed E-state index contributed by atoms with van der Waals surface area (Å²) in [5, 5.41) is 3.86. The van der Waals surface area contributed by atoms with Crippen molar-refractivity contribution in [2.75, 3.05) is 6.61 Å². The topological polar surface area (TPSA) is 45.5 Å². The van der Waals surface area contributed by atoms with Crippen LogP contribution in [0.3, 0.4) is 0 Å². The number of ether oxygens (including phenoxy) is 1. The van der Waals surface area contributed by atoms with Crippen molar-refractivity contribution in [3.63, 3.8) is 0 Å². The van der Waals surface area contributed by atoms with E-state index in [9.17, 15) is 4.39 Å². The van der Waals surface area contributed by atoms with Gasteiger partial charge in [0, 0.05) is 20.9 Å². The van der Waals surface area contributed by atoms with E-state index in [0.717, 1.165) is 6.04 Å². The average molecular weight is 342 g/mol. The lowest BCUT2D eigenvalue weighted by molar-refractivity contribution is 0.00578. The minimum atomic E-state index is -1.12. The molecule has 0 amide bonds. The molecular formula is C15H28BFN2O3Si. The van der Waals surface area contributed by atoms with Crippen molar-refractivity contribution >= 4 is 20.7 Å². The zero-order valence-electron chi connectivity index (χ0n) is 15.3. The molecular weight excluding hydrogens is 314 g/mol. The maximum atomic E-state index is 14.1. The lowest BCUT2D eigenvalue weighted by Crippen LogP contribution is -2.41. The summed E-state index contributed by atoms with van der Waals surface area (Å²) in [5.41, 5.74) is -0.683. The van der Waals surface area contributed by atoms with E-state index in [-0.39, 0.29) is 6.73 Å². The van der Waals surface area contributed by atoms with E-state index in [4.69, 9.17) is 14.0 Å². The van der Waals surface area contributed by atoms with Crippen LogP contribution in [-0.2, 0) is 20.8 Å². The molecule has 0 unspecified atom stereocenters. The van der Waals surface area contributed by atoms with E-state index in [0.29, 0.717) is 12.1 Å². The molecule has 23 heavy (non-hydrogen) atoms. The van der Waals surface area contributed by atoms with Gasteiger partial charge in [-0.3, -0.25) is 0 Å². The van der Waals surface area contributed by atoms with Crippen LogP contribution in [0.4, 0.5) is 4.39 Å². The van der Waals surface area contributed by atoms with Gasteiger partial charge in [0.15, 0.2) is 0 Å². The molecule has 0 radical (unpaired) electrons. The minimum absolute atomic E-state index is 0.237. The van der Waals surface area contributed by atoms with Crippen LogP contribution in [0.5, 0.6) is 0 Å². The maximum Gasteiger partial charge on any atom is 0.501 e. The van der Waals surface area contributed by atoms with Crippen molar-refractivity contribution in [2.24, 2.45) is 0 Å². The summed E-state index contributed by atoms with van der Waals surface area (Å²) in [6, 6.07) is 1.07. The first-order valence-electron chi connectivity index (χ1n) is 8.07. The first-order chi connectivity index (χ1) is 10.4. The predicted octanol–water partition coefficient (Wildman–Crippen LogP) is 2.63. The Bertz CT molecular complexity index is 541. The number of aromatic nitrogens is 2. The van der Waals surface area contributed by atoms with Gasteiger partial charge in [-0.05, 0) is 33.7 Å². The summed E-state index contributed by atoms with van der Waals surface area (Å²) in [6.45, 7) is 15.5. The molecule has 130 valence electrons. The molecule has 1 aromatic rings. The molecule has 0 aliphatic carbocycles. The van der Waals surface area contributed by atoms with Crippen molar-refractivity contribution in [1.29, 1.82) is 0 Å². The summed E-state index contributed by atoms with van der Waals surface area (Å²) in [5.74, 6) is -0.572. The summed E-state index contributed by atoms with van der Waals surface area (Å²) in [7, 11) is -1.86. The summed E-state index contributed by atoms with van der Waals surface area (Å²) >= 11 is 0. The maximum absolute atomic E-state index is 14.1. The fourth-order valence-electron chi connectivity index (χ4n) is 2.14. The van der Waals surface area contributed by atoms with Gasteiger partial charge in [0.1, 0.15) is 6.73 Å². The van der Waals surface area contributed by atoms with Crippen LogP contribution < -0.4 is 5.46 Å². The van der Waals surface area contributed by atoms with Gasteiger partial charge < -0.3 is 14.0 Å². The van der Waals surface area contributed by atoms with E-state index >= 15 is 0 Å². The minimum Gasteiger partial charge on any atom is -0.399 e. The lowest BCUT2D eigenvalue weighted by Gasteiger charge is -2.32. The molecule has 2 heterocycles. The van der Waals surface area contributed by atoms with E-state index in [1.807, 2.05) is 27.7 Å². The Hall–Kier alpha value is -0.698. The van der Waals surface area contributed by atoms with Gasteiger partial charge in [0.05, 0.1) is 16.7 Å². The zero-order chi connectivity index (χ0) is 17.5. The molecule has 1 fully saturated rings. The van der Waals surface area contributed by atoms with Crippen molar-refractivity contribution in [3.8, 4) is 0 Å². The Balaban J connectivity index is 1.97. The first kappa shape index (κ1) is 18.6. The lowest BCUT2D eigenvalue weighted by atomic mass is 9.81. The molecule has 1 saturated heterocycles. The molecule has 0 atom stereocenters. The molecule has 0 N–H and O–H groups in total. The van der Waals surface area contributed by atoms with Gasteiger partial charge in [-0.15, -0.1) is 5.10 Å². The van der Waals surface area contributed by atoms with Gasteiger partial charge in [-0.2, -0.15) is 4.39 Å². The molecule has 1 aliphatic rings. The highest BCUT2D eigenvalue weighted by molar-refractivity contribution is 6.76. The van der Waals surface area contributed by atoms with Gasteiger partial charge in [-0.1, -0.05) is 19.6 Å². The van der Waals surface area contributed by atoms with Crippen LogP contribution >= 0.6 is 0 Å². The Morgan fingerprint density at radius 2 is 1.78 bits per heavy atom. The normalized spacial score (nSPS) is 20.3. The van der Waals surface area contributed by atoms with Gasteiger partial charge in [-0.25, -0.2) is 4.68 Å². The molecule has 1 aliphatic heterocycles. The summed E-state index contributed by atoms with van der Waals surface area (Å²) in [6.07, 6.45) is 1.60. The number of nitrogens with zero attached hydrogens (tertiary/aromatic N) is 2. The Labute approximate surface area is 139 Å².